The Morgan fingerprint density at radius 3 is 2.52 bits per heavy atom. The number of benzene rings is 1. The van der Waals surface area contributed by atoms with Crippen LogP contribution < -0.4 is 5.32 Å². The Balaban J connectivity index is 0.00000161. The topological polar surface area (TPSA) is 49.4 Å². The molecule has 2 heterocycles. The van der Waals surface area contributed by atoms with Crippen LogP contribution in [0.1, 0.15) is 18.9 Å². The van der Waals surface area contributed by atoms with Crippen LogP contribution in [0.2, 0.25) is 0 Å². The molecule has 2 saturated heterocycles. The lowest BCUT2D eigenvalue weighted by atomic mass is 9.90. The molecule has 0 aromatic heterocycles. The Bertz CT molecular complexity index is 574. The predicted octanol–water partition coefficient (Wildman–Crippen LogP) is 1.90. The summed E-state index contributed by atoms with van der Waals surface area (Å²) >= 11 is 0. The van der Waals surface area contributed by atoms with Crippen molar-refractivity contribution in [2.75, 3.05) is 26.2 Å². The van der Waals surface area contributed by atoms with Crippen LogP contribution >= 0.6 is 12.4 Å². The molecule has 1 aromatic carbocycles. The zero-order valence-corrected chi connectivity index (χ0v) is 13.9. The lowest BCUT2D eigenvalue weighted by Crippen LogP contribution is -2.43. The van der Waals surface area contributed by atoms with Crippen LogP contribution in [0, 0.1) is 11.8 Å². The lowest BCUT2D eigenvalue weighted by Gasteiger charge is -2.33. The molecule has 2 aliphatic rings. The number of sulfonamides is 1. The third-order valence-corrected chi connectivity index (χ3v) is 6.52. The number of fused-ring (bicyclic) bond motifs is 1. The van der Waals surface area contributed by atoms with E-state index in [0.717, 1.165) is 25.9 Å². The number of nitrogens with zero attached hydrogens (tertiary/aromatic N) is 1. The van der Waals surface area contributed by atoms with E-state index in [1.807, 2.05) is 12.1 Å². The van der Waals surface area contributed by atoms with Gasteiger partial charge in [0.15, 0.2) is 0 Å². The number of hydrogen-bond donors (Lipinski definition) is 1. The van der Waals surface area contributed by atoms with Gasteiger partial charge in [0.1, 0.15) is 0 Å². The molecule has 118 valence electrons. The van der Waals surface area contributed by atoms with Gasteiger partial charge in [-0.05, 0) is 55.5 Å². The highest BCUT2D eigenvalue weighted by Crippen LogP contribution is 2.30. The fraction of sp³-hybridized carbons (Fsp3) is 0.600. The van der Waals surface area contributed by atoms with Crippen LogP contribution in [0.25, 0.3) is 0 Å². The summed E-state index contributed by atoms with van der Waals surface area (Å²) in [4.78, 5) is 0.430. The molecule has 6 heteroatoms. The van der Waals surface area contributed by atoms with Crippen molar-refractivity contribution in [3.05, 3.63) is 29.8 Å². The largest absolute Gasteiger partial charge is 0.316 e. The molecular weight excluding hydrogens is 308 g/mol. The summed E-state index contributed by atoms with van der Waals surface area (Å²) in [5, 5.41) is 3.37. The van der Waals surface area contributed by atoms with Crippen molar-refractivity contribution in [1.29, 1.82) is 0 Å². The van der Waals surface area contributed by atoms with Gasteiger partial charge in [-0.2, -0.15) is 4.31 Å². The van der Waals surface area contributed by atoms with E-state index in [9.17, 15) is 8.42 Å². The van der Waals surface area contributed by atoms with Crippen molar-refractivity contribution >= 4 is 22.4 Å². The van der Waals surface area contributed by atoms with Gasteiger partial charge >= 0.3 is 0 Å². The molecule has 3 rings (SSSR count). The Morgan fingerprint density at radius 1 is 1.19 bits per heavy atom. The lowest BCUT2D eigenvalue weighted by molar-refractivity contribution is 0.228. The smallest absolute Gasteiger partial charge is 0.243 e. The molecule has 0 radical (unpaired) electrons. The average Bonchev–Trinajstić information content (AvgIpc) is 2.94. The minimum atomic E-state index is -3.32. The minimum Gasteiger partial charge on any atom is -0.316 e. The first-order chi connectivity index (χ1) is 9.61. The molecule has 4 nitrogen and oxygen atoms in total. The first-order valence-corrected chi connectivity index (χ1v) is 8.85. The van der Waals surface area contributed by atoms with E-state index in [0.29, 0.717) is 29.8 Å². The summed E-state index contributed by atoms with van der Waals surface area (Å²) in [5.74, 6) is 1.14. The van der Waals surface area contributed by atoms with Gasteiger partial charge in [0.25, 0.3) is 0 Å². The van der Waals surface area contributed by atoms with Gasteiger partial charge in [-0.25, -0.2) is 8.42 Å². The number of aryl methyl sites for hydroxylation is 1. The van der Waals surface area contributed by atoms with Crippen molar-refractivity contribution < 1.29 is 8.42 Å². The number of rotatable bonds is 3. The van der Waals surface area contributed by atoms with E-state index in [1.54, 1.807) is 16.4 Å². The third-order valence-electron chi connectivity index (χ3n) is 4.64. The van der Waals surface area contributed by atoms with Crippen LogP contribution in [0.5, 0.6) is 0 Å². The van der Waals surface area contributed by atoms with E-state index in [1.165, 1.54) is 5.56 Å². The molecule has 0 spiro atoms. The van der Waals surface area contributed by atoms with Crippen LogP contribution in [-0.2, 0) is 16.4 Å². The van der Waals surface area contributed by atoms with E-state index in [2.05, 4.69) is 12.2 Å². The summed E-state index contributed by atoms with van der Waals surface area (Å²) in [7, 11) is -3.32. The highest BCUT2D eigenvalue weighted by atomic mass is 35.5. The average molecular weight is 331 g/mol. The van der Waals surface area contributed by atoms with Crippen molar-refractivity contribution in [1.82, 2.24) is 9.62 Å². The summed E-state index contributed by atoms with van der Waals surface area (Å²) in [5.41, 5.74) is 1.17. The molecule has 0 aliphatic carbocycles. The van der Waals surface area contributed by atoms with Crippen molar-refractivity contribution in [2.24, 2.45) is 11.8 Å². The highest BCUT2D eigenvalue weighted by Gasteiger charge is 2.37. The van der Waals surface area contributed by atoms with E-state index in [4.69, 9.17) is 0 Å². The molecule has 1 N–H and O–H groups in total. The number of halogens is 1. The van der Waals surface area contributed by atoms with Gasteiger partial charge in [-0.3, -0.25) is 0 Å². The molecule has 21 heavy (non-hydrogen) atoms. The second kappa shape index (κ2) is 6.65. The monoisotopic (exact) mass is 330 g/mol. The fourth-order valence-electron chi connectivity index (χ4n) is 3.27. The number of nitrogens with one attached hydrogen (secondary N) is 1. The molecule has 2 fully saturated rings. The predicted molar refractivity (Wildman–Crippen MR) is 86.3 cm³/mol. The van der Waals surface area contributed by atoms with E-state index in [-0.39, 0.29) is 12.4 Å². The maximum Gasteiger partial charge on any atom is 0.243 e. The quantitative estimate of drug-likeness (QED) is 0.921. The Labute approximate surface area is 133 Å². The van der Waals surface area contributed by atoms with Crippen molar-refractivity contribution in [2.45, 2.75) is 24.7 Å². The standard InChI is InChI=1S/C15H22N2O2S.ClH/c1-2-12-3-5-15(6-4-12)20(18,19)17-8-7-13-9-16-10-14(13)11-17;/h3-6,13-14,16H,2,7-11H2,1H3;1H. The third kappa shape index (κ3) is 3.26. The first kappa shape index (κ1) is 16.7. The van der Waals surface area contributed by atoms with E-state index >= 15 is 0 Å². The normalized spacial score (nSPS) is 26.1. The second-order valence-electron chi connectivity index (χ2n) is 5.83. The summed E-state index contributed by atoms with van der Waals surface area (Å²) in [6.07, 6.45) is 1.91. The zero-order valence-electron chi connectivity index (χ0n) is 12.3. The molecule has 0 bridgehead atoms. The Hall–Kier alpha value is -0.620. The van der Waals surface area contributed by atoms with Gasteiger partial charge in [0.2, 0.25) is 10.0 Å². The second-order valence-corrected chi connectivity index (χ2v) is 7.77. The molecule has 0 amide bonds. The molecular formula is C15H23ClN2O2S. The van der Waals surface area contributed by atoms with Crippen LogP contribution in [0.4, 0.5) is 0 Å². The van der Waals surface area contributed by atoms with Crippen LogP contribution in [-0.4, -0.2) is 38.9 Å². The van der Waals surface area contributed by atoms with Gasteiger partial charge < -0.3 is 5.32 Å². The Kier molecular flexibility index (Phi) is 5.30. The fourth-order valence-corrected chi connectivity index (χ4v) is 4.78. The highest BCUT2D eigenvalue weighted by molar-refractivity contribution is 7.89. The summed E-state index contributed by atoms with van der Waals surface area (Å²) < 4.78 is 27.0. The molecule has 2 unspecified atom stereocenters. The number of hydrogen-bond acceptors (Lipinski definition) is 3. The maximum absolute atomic E-state index is 12.7. The summed E-state index contributed by atoms with van der Waals surface area (Å²) in [6.45, 7) is 5.38. The van der Waals surface area contributed by atoms with Crippen molar-refractivity contribution in [3.63, 3.8) is 0 Å². The molecule has 0 saturated carbocycles. The van der Waals surface area contributed by atoms with Gasteiger partial charge in [0.05, 0.1) is 4.90 Å². The molecule has 1 aromatic rings. The van der Waals surface area contributed by atoms with Gasteiger partial charge in [-0.15, -0.1) is 12.4 Å². The van der Waals surface area contributed by atoms with Gasteiger partial charge in [0, 0.05) is 13.1 Å². The Morgan fingerprint density at radius 2 is 1.86 bits per heavy atom. The SMILES string of the molecule is CCc1ccc(S(=O)(=O)N2CCC3CNCC3C2)cc1.Cl. The maximum atomic E-state index is 12.7. The summed E-state index contributed by atoms with van der Waals surface area (Å²) in [6, 6.07) is 7.31. The first-order valence-electron chi connectivity index (χ1n) is 7.41. The van der Waals surface area contributed by atoms with Crippen LogP contribution in [0.3, 0.4) is 0 Å². The van der Waals surface area contributed by atoms with Gasteiger partial charge in [-0.1, -0.05) is 19.1 Å². The van der Waals surface area contributed by atoms with Crippen molar-refractivity contribution in [3.8, 4) is 0 Å². The molecule has 2 atom stereocenters. The van der Waals surface area contributed by atoms with E-state index < -0.39 is 10.0 Å². The van der Waals surface area contributed by atoms with Crippen LogP contribution in [0.15, 0.2) is 29.2 Å². The minimum absolute atomic E-state index is 0. The molecule has 2 aliphatic heterocycles. The zero-order chi connectivity index (χ0) is 14.2. The number of piperidine rings is 1.